The van der Waals surface area contributed by atoms with Crippen molar-refractivity contribution in [3.05, 3.63) is 30.1 Å². The van der Waals surface area contributed by atoms with Crippen LogP contribution in [-0.4, -0.2) is 58.6 Å². The van der Waals surface area contributed by atoms with Crippen molar-refractivity contribution in [3.8, 4) is 0 Å². The standard InChI is InChI=1S/C16H23N3O3/c1-16(2,3)22-15(21)19-10-6-9-18(11-12-19)14(20)13-7-4-5-8-17-13/h4-5,7-8H,6,9-12H2,1-3H3. The summed E-state index contributed by atoms with van der Waals surface area (Å²) >= 11 is 0. The number of hydrogen-bond donors (Lipinski definition) is 0. The third-order valence-electron chi connectivity index (χ3n) is 3.32. The molecular formula is C16H23N3O3. The van der Waals surface area contributed by atoms with Gasteiger partial charge in [0, 0.05) is 32.4 Å². The predicted octanol–water partition coefficient (Wildman–Crippen LogP) is 2.16. The molecule has 1 aliphatic heterocycles. The molecule has 0 aliphatic carbocycles. The van der Waals surface area contributed by atoms with Gasteiger partial charge in [-0.05, 0) is 39.3 Å². The molecule has 0 aromatic carbocycles. The van der Waals surface area contributed by atoms with Gasteiger partial charge in [-0.25, -0.2) is 4.79 Å². The molecular weight excluding hydrogens is 282 g/mol. The quantitative estimate of drug-likeness (QED) is 0.797. The molecule has 6 nitrogen and oxygen atoms in total. The van der Waals surface area contributed by atoms with E-state index in [1.54, 1.807) is 34.2 Å². The van der Waals surface area contributed by atoms with E-state index in [4.69, 9.17) is 4.74 Å². The Morgan fingerprint density at radius 1 is 1.09 bits per heavy atom. The molecule has 2 heterocycles. The average molecular weight is 305 g/mol. The molecule has 6 heteroatoms. The Labute approximate surface area is 131 Å². The molecule has 1 aromatic rings. The number of carbonyl (C=O) groups excluding carboxylic acids is 2. The van der Waals surface area contributed by atoms with Gasteiger partial charge in [-0.2, -0.15) is 0 Å². The van der Waals surface area contributed by atoms with Crippen molar-refractivity contribution in [2.45, 2.75) is 32.8 Å². The molecule has 1 fully saturated rings. The van der Waals surface area contributed by atoms with Gasteiger partial charge in [0.25, 0.3) is 5.91 Å². The monoisotopic (exact) mass is 305 g/mol. The van der Waals surface area contributed by atoms with Crippen LogP contribution in [0.15, 0.2) is 24.4 Å². The Bertz CT molecular complexity index is 525. The highest BCUT2D eigenvalue weighted by atomic mass is 16.6. The summed E-state index contributed by atoms with van der Waals surface area (Å²) < 4.78 is 5.38. The van der Waals surface area contributed by atoms with Crippen LogP contribution in [-0.2, 0) is 4.74 Å². The van der Waals surface area contributed by atoms with Crippen molar-refractivity contribution in [2.24, 2.45) is 0 Å². The smallest absolute Gasteiger partial charge is 0.410 e. The molecule has 0 saturated carbocycles. The maximum Gasteiger partial charge on any atom is 0.410 e. The highest BCUT2D eigenvalue weighted by Crippen LogP contribution is 2.13. The molecule has 22 heavy (non-hydrogen) atoms. The highest BCUT2D eigenvalue weighted by Gasteiger charge is 2.26. The minimum Gasteiger partial charge on any atom is -0.444 e. The number of ether oxygens (including phenoxy) is 1. The second kappa shape index (κ2) is 6.77. The minimum absolute atomic E-state index is 0.0911. The van der Waals surface area contributed by atoms with Crippen LogP contribution in [0, 0.1) is 0 Å². The summed E-state index contributed by atoms with van der Waals surface area (Å²) in [5.74, 6) is -0.0911. The van der Waals surface area contributed by atoms with Gasteiger partial charge in [-0.15, -0.1) is 0 Å². The third-order valence-corrected chi connectivity index (χ3v) is 3.32. The van der Waals surface area contributed by atoms with Crippen molar-refractivity contribution in [3.63, 3.8) is 0 Å². The van der Waals surface area contributed by atoms with Gasteiger partial charge in [-0.3, -0.25) is 9.78 Å². The van der Waals surface area contributed by atoms with Crippen LogP contribution in [0.2, 0.25) is 0 Å². The van der Waals surface area contributed by atoms with E-state index < -0.39 is 5.60 Å². The van der Waals surface area contributed by atoms with E-state index in [0.717, 1.165) is 6.42 Å². The largest absolute Gasteiger partial charge is 0.444 e. The topological polar surface area (TPSA) is 62.7 Å². The number of amides is 2. The molecule has 2 rings (SSSR count). The highest BCUT2D eigenvalue weighted by molar-refractivity contribution is 5.92. The van der Waals surface area contributed by atoms with E-state index in [1.807, 2.05) is 20.8 Å². The van der Waals surface area contributed by atoms with Gasteiger partial charge in [0.1, 0.15) is 11.3 Å². The molecule has 1 aromatic heterocycles. The molecule has 2 amide bonds. The fourth-order valence-electron chi connectivity index (χ4n) is 2.28. The summed E-state index contributed by atoms with van der Waals surface area (Å²) in [6.07, 6.45) is 2.02. The van der Waals surface area contributed by atoms with Gasteiger partial charge in [-0.1, -0.05) is 6.07 Å². The lowest BCUT2D eigenvalue weighted by molar-refractivity contribution is 0.0255. The summed E-state index contributed by atoms with van der Waals surface area (Å²) in [7, 11) is 0. The van der Waals surface area contributed by atoms with E-state index >= 15 is 0 Å². The number of rotatable bonds is 1. The minimum atomic E-state index is -0.507. The van der Waals surface area contributed by atoms with E-state index in [-0.39, 0.29) is 12.0 Å². The number of aromatic nitrogens is 1. The molecule has 1 aliphatic rings. The van der Waals surface area contributed by atoms with Gasteiger partial charge in [0.2, 0.25) is 0 Å². The zero-order valence-electron chi connectivity index (χ0n) is 13.4. The normalized spacial score (nSPS) is 16.1. The molecule has 0 atom stereocenters. The molecule has 0 spiro atoms. The molecule has 0 radical (unpaired) electrons. The van der Waals surface area contributed by atoms with Crippen molar-refractivity contribution < 1.29 is 14.3 Å². The zero-order chi connectivity index (χ0) is 16.2. The SMILES string of the molecule is CC(C)(C)OC(=O)N1CCCN(C(=O)c2ccccn2)CC1. The Morgan fingerprint density at radius 3 is 2.41 bits per heavy atom. The number of nitrogens with zero attached hydrogens (tertiary/aromatic N) is 3. The van der Waals surface area contributed by atoms with Crippen LogP contribution in [0.5, 0.6) is 0 Å². The summed E-state index contributed by atoms with van der Waals surface area (Å²) in [4.78, 5) is 32.0. The summed E-state index contributed by atoms with van der Waals surface area (Å²) in [6, 6.07) is 5.29. The van der Waals surface area contributed by atoms with Crippen LogP contribution >= 0.6 is 0 Å². The second-order valence-corrected chi connectivity index (χ2v) is 6.33. The Balaban J connectivity index is 1.95. The van der Waals surface area contributed by atoms with Crippen LogP contribution < -0.4 is 0 Å². The van der Waals surface area contributed by atoms with Gasteiger partial charge in [0.05, 0.1) is 0 Å². The Kier molecular flexibility index (Phi) is 5.00. The summed E-state index contributed by atoms with van der Waals surface area (Å²) in [6.45, 7) is 7.73. The molecule has 0 N–H and O–H groups in total. The molecule has 1 saturated heterocycles. The first-order valence-electron chi connectivity index (χ1n) is 7.55. The number of pyridine rings is 1. The van der Waals surface area contributed by atoms with E-state index in [1.165, 1.54) is 0 Å². The first-order valence-corrected chi connectivity index (χ1v) is 7.55. The molecule has 120 valence electrons. The molecule has 0 unspecified atom stereocenters. The fourth-order valence-corrected chi connectivity index (χ4v) is 2.28. The summed E-state index contributed by atoms with van der Waals surface area (Å²) in [5, 5.41) is 0. The van der Waals surface area contributed by atoms with Gasteiger partial charge in [0.15, 0.2) is 0 Å². The Morgan fingerprint density at radius 2 is 1.77 bits per heavy atom. The van der Waals surface area contributed by atoms with Crippen LogP contribution in [0.1, 0.15) is 37.7 Å². The van der Waals surface area contributed by atoms with E-state index in [0.29, 0.717) is 31.9 Å². The van der Waals surface area contributed by atoms with Gasteiger partial charge < -0.3 is 14.5 Å². The van der Waals surface area contributed by atoms with Gasteiger partial charge >= 0.3 is 6.09 Å². The van der Waals surface area contributed by atoms with Crippen molar-refractivity contribution >= 4 is 12.0 Å². The van der Waals surface area contributed by atoms with Crippen LogP contribution in [0.4, 0.5) is 4.79 Å². The van der Waals surface area contributed by atoms with E-state index in [2.05, 4.69) is 4.98 Å². The molecule has 0 bridgehead atoms. The number of hydrogen-bond acceptors (Lipinski definition) is 4. The van der Waals surface area contributed by atoms with Crippen molar-refractivity contribution in [1.29, 1.82) is 0 Å². The summed E-state index contributed by atoms with van der Waals surface area (Å²) in [5.41, 5.74) is -0.0689. The first kappa shape index (κ1) is 16.3. The predicted molar refractivity (Wildman–Crippen MR) is 82.6 cm³/mol. The third kappa shape index (κ3) is 4.44. The fraction of sp³-hybridized carbons (Fsp3) is 0.562. The van der Waals surface area contributed by atoms with Crippen LogP contribution in [0.25, 0.3) is 0 Å². The average Bonchev–Trinajstić information content (AvgIpc) is 2.71. The lowest BCUT2D eigenvalue weighted by Gasteiger charge is -2.26. The maximum atomic E-state index is 12.4. The van der Waals surface area contributed by atoms with Crippen LogP contribution in [0.3, 0.4) is 0 Å². The lowest BCUT2D eigenvalue weighted by atomic mass is 10.2. The van der Waals surface area contributed by atoms with Crippen molar-refractivity contribution in [1.82, 2.24) is 14.8 Å². The maximum absolute atomic E-state index is 12.4. The zero-order valence-corrected chi connectivity index (χ0v) is 13.4. The lowest BCUT2D eigenvalue weighted by Crippen LogP contribution is -2.40. The van der Waals surface area contributed by atoms with E-state index in [9.17, 15) is 9.59 Å². The second-order valence-electron chi connectivity index (χ2n) is 6.33. The first-order chi connectivity index (χ1) is 10.4. The number of carbonyl (C=O) groups is 2. The Hall–Kier alpha value is -2.11. The van der Waals surface area contributed by atoms with Crippen molar-refractivity contribution in [2.75, 3.05) is 26.2 Å².